The molecule has 0 bridgehead atoms. The molecule has 1 amide bonds. The van der Waals surface area contributed by atoms with E-state index in [2.05, 4.69) is 27.9 Å². The lowest BCUT2D eigenvalue weighted by Gasteiger charge is -2.20. The van der Waals surface area contributed by atoms with Crippen molar-refractivity contribution in [3.8, 4) is 0 Å². The van der Waals surface area contributed by atoms with Crippen LogP contribution in [0.15, 0.2) is 18.2 Å². The third kappa shape index (κ3) is 4.19. The van der Waals surface area contributed by atoms with Crippen LogP contribution >= 0.6 is 22.6 Å². The lowest BCUT2D eigenvalue weighted by atomic mass is 9.99. The van der Waals surface area contributed by atoms with Crippen LogP contribution in [0.4, 0.5) is 0 Å². The Morgan fingerprint density at radius 1 is 1.42 bits per heavy atom. The monoisotopic (exact) mass is 375 g/mol. The highest BCUT2D eigenvalue weighted by molar-refractivity contribution is 14.1. The summed E-state index contributed by atoms with van der Waals surface area (Å²) in [4.78, 5) is 23.4. The second-order valence-corrected chi connectivity index (χ2v) is 5.82. The molecule has 0 saturated heterocycles. The van der Waals surface area contributed by atoms with E-state index in [0.717, 1.165) is 9.13 Å². The van der Waals surface area contributed by atoms with Crippen LogP contribution in [-0.2, 0) is 4.79 Å². The number of rotatable bonds is 5. The van der Waals surface area contributed by atoms with E-state index in [9.17, 15) is 14.7 Å². The Kier molecular flexibility index (Phi) is 5.78. The second-order valence-electron chi connectivity index (χ2n) is 4.66. The molecule has 0 radical (unpaired) electrons. The number of halogens is 1. The van der Waals surface area contributed by atoms with Gasteiger partial charge in [-0.1, -0.05) is 31.9 Å². The topological polar surface area (TPSA) is 66.4 Å². The molecule has 5 heteroatoms. The average Bonchev–Trinajstić information content (AvgIpc) is 2.37. The van der Waals surface area contributed by atoms with E-state index in [1.54, 1.807) is 6.07 Å². The van der Waals surface area contributed by atoms with Gasteiger partial charge in [0.1, 0.15) is 6.04 Å². The fourth-order valence-electron chi connectivity index (χ4n) is 1.72. The van der Waals surface area contributed by atoms with Crippen LogP contribution in [0.5, 0.6) is 0 Å². The van der Waals surface area contributed by atoms with Gasteiger partial charge in [-0.15, -0.1) is 0 Å². The predicted molar refractivity (Wildman–Crippen MR) is 82.2 cm³/mol. The summed E-state index contributed by atoms with van der Waals surface area (Å²) in [7, 11) is 0. The summed E-state index contributed by atoms with van der Waals surface area (Å²) in [5.74, 6) is -1.44. The van der Waals surface area contributed by atoms with Crippen LogP contribution in [0, 0.1) is 16.4 Å². The molecule has 2 atom stereocenters. The van der Waals surface area contributed by atoms with Crippen molar-refractivity contribution >= 4 is 34.5 Å². The van der Waals surface area contributed by atoms with Crippen LogP contribution in [0.25, 0.3) is 0 Å². The molecule has 1 aromatic carbocycles. The molecule has 0 aliphatic rings. The minimum atomic E-state index is -0.995. The standard InChI is InChI=1S/C14H18INO3/c1-4-9(3)12(14(18)19)16-13(17)10-7-8(2)5-6-11(10)15/h5-7,9,12H,4H2,1-3H3,(H,16,17)(H,18,19)/t9-,12-/m0/s1. The van der Waals surface area contributed by atoms with E-state index in [1.807, 2.05) is 32.9 Å². The fraction of sp³-hybridized carbons (Fsp3) is 0.429. The quantitative estimate of drug-likeness (QED) is 0.778. The Morgan fingerprint density at radius 2 is 2.05 bits per heavy atom. The Balaban J connectivity index is 2.94. The largest absolute Gasteiger partial charge is 0.480 e. The number of carboxylic acids is 1. The Labute approximate surface area is 126 Å². The van der Waals surface area contributed by atoms with Crippen LogP contribution in [0.3, 0.4) is 0 Å². The minimum Gasteiger partial charge on any atom is -0.480 e. The molecule has 4 nitrogen and oxygen atoms in total. The highest BCUT2D eigenvalue weighted by Gasteiger charge is 2.26. The molecule has 0 spiro atoms. The van der Waals surface area contributed by atoms with E-state index < -0.39 is 12.0 Å². The molecule has 0 aliphatic carbocycles. The normalized spacial score (nSPS) is 13.7. The molecule has 0 heterocycles. The van der Waals surface area contributed by atoms with Crippen LogP contribution in [-0.4, -0.2) is 23.0 Å². The van der Waals surface area contributed by atoms with Crippen molar-refractivity contribution < 1.29 is 14.7 Å². The van der Waals surface area contributed by atoms with Gasteiger partial charge in [0.25, 0.3) is 5.91 Å². The maximum absolute atomic E-state index is 12.2. The van der Waals surface area contributed by atoms with Crippen LogP contribution in [0.1, 0.15) is 36.2 Å². The van der Waals surface area contributed by atoms with Crippen molar-refractivity contribution in [1.82, 2.24) is 5.32 Å². The van der Waals surface area contributed by atoms with Crippen molar-refractivity contribution in [1.29, 1.82) is 0 Å². The third-order valence-corrected chi connectivity index (χ3v) is 4.07. The van der Waals surface area contributed by atoms with Crippen molar-refractivity contribution in [3.63, 3.8) is 0 Å². The van der Waals surface area contributed by atoms with E-state index in [-0.39, 0.29) is 11.8 Å². The molecule has 0 aromatic heterocycles. The van der Waals surface area contributed by atoms with Crippen molar-refractivity contribution in [2.24, 2.45) is 5.92 Å². The summed E-state index contributed by atoms with van der Waals surface area (Å²) in [6, 6.07) is 4.69. The predicted octanol–water partition coefficient (Wildman–Crippen LogP) is 2.83. The first kappa shape index (κ1) is 15.9. The number of benzene rings is 1. The van der Waals surface area contributed by atoms with Gasteiger partial charge in [-0.25, -0.2) is 4.79 Å². The summed E-state index contributed by atoms with van der Waals surface area (Å²) in [6.07, 6.45) is 0.697. The second kappa shape index (κ2) is 6.88. The Bertz CT molecular complexity index is 488. The van der Waals surface area contributed by atoms with Gasteiger partial charge in [0.05, 0.1) is 5.56 Å². The Hall–Kier alpha value is -1.11. The number of aliphatic carboxylic acids is 1. The zero-order valence-electron chi connectivity index (χ0n) is 11.2. The lowest BCUT2D eigenvalue weighted by molar-refractivity contribution is -0.140. The van der Waals surface area contributed by atoms with Crippen molar-refractivity contribution in [2.45, 2.75) is 33.2 Å². The van der Waals surface area contributed by atoms with Gasteiger partial charge in [0.15, 0.2) is 0 Å². The molecule has 0 fully saturated rings. The molecule has 0 saturated carbocycles. The summed E-state index contributed by atoms with van der Waals surface area (Å²) < 4.78 is 0.814. The first-order chi connectivity index (χ1) is 8.86. The van der Waals surface area contributed by atoms with Crippen molar-refractivity contribution in [3.05, 3.63) is 32.9 Å². The first-order valence-corrected chi connectivity index (χ1v) is 7.24. The SMILES string of the molecule is CC[C@H](C)[C@H](NC(=O)c1cc(C)ccc1I)C(=O)O. The number of carboxylic acid groups (broad SMARTS) is 1. The van der Waals surface area contributed by atoms with E-state index >= 15 is 0 Å². The fourth-order valence-corrected chi connectivity index (χ4v) is 2.30. The number of hydrogen-bond donors (Lipinski definition) is 2. The van der Waals surface area contributed by atoms with E-state index in [0.29, 0.717) is 12.0 Å². The first-order valence-electron chi connectivity index (χ1n) is 6.16. The highest BCUT2D eigenvalue weighted by atomic mass is 127. The van der Waals surface area contributed by atoms with Gasteiger partial charge in [-0.3, -0.25) is 4.79 Å². The summed E-state index contributed by atoms with van der Waals surface area (Å²) in [6.45, 7) is 5.62. The van der Waals surface area contributed by atoms with E-state index in [1.165, 1.54) is 0 Å². The van der Waals surface area contributed by atoms with Gasteiger partial charge >= 0.3 is 5.97 Å². The number of carbonyl (C=O) groups is 2. The molecular formula is C14H18INO3. The zero-order valence-corrected chi connectivity index (χ0v) is 13.4. The number of amides is 1. The van der Waals surface area contributed by atoms with E-state index in [4.69, 9.17) is 0 Å². The average molecular weight is 375 g/mol. The maximum atomic E-state index is 12.2. The summed E-state index contributed by atoms with van der Waals surface area (Å²) in [5, 5.41) is 11.8. The molecule has 104 valence electrons. The summed E-state index contributed by atoms with van der Waals surface area (Å²) in [5.41, 5.74) is 1.50. The molecule has 2 N–H and O–H groups in total. The van der Waals surface area contributed by atoms with Crippen LogP contribution in [0.2, 0.25) is 0 Å². The molecular weight excluding hydrogens is 357 g/mol. The number of carbonyl (C=O) groups excluding carboxylic acids is 1. The third-order valence-electron chi connectivity index (χ3n) is 3.13. The highest BCUT2D eigenvalue weighted by Crippen LogP contribution is 2.15. The number of nitrogens with one attached hydrogen (secondary N) is 1. The molecule has 19 heavy (non-hydrogen) atoms. The van der Waals surface area contributed by atoms with Gasteiger partial charge in [0.2, 0.25) is 0 Å². The molecule has 1 rings (SSSR count). The smallest absolute Gasteiger partial charge is 0.326 e. The molecule has 0 unspecified atom stereocenters. The van der Waals surface area contributed by atoms with Gasteiger partial charge < -0.3 is 10.4 Å². The summed E-state index contributed by atoms with van der Waals surface area (Å²) >= 11 is 2.07. The Morgan fingerprint density at radius 3 is 2.58 bits per heavy atom. The molecule has 0 aliphatic heterocycles. The number of aryl methyl sites for hydroxylation is 1. The lowest BCUT2D eigenvalue weighted by Crippen LogP contribution is -2.45. The van der Waals surface area contributed by atoms with Gasteiger partial charge in [0, 0.05) is 3.57 Å². The number of hydrogen-bond acceptors (Lipinski definition) is 2. The molecule has 1 aromatic rings. The minimum absolute atomic E-state index is 0.107. The van der Waals surface area contributed by atoms with Gasteiger partial charge in [-0.05, 0) is 47.6 Å². The van der Waals surface area contributed by atoms with Crippen LogP contribution < -0.4 is 5.32 Å². The maximum Gasteiger partial charge on any atom is 0.326 e. The van der Waals surface area contributed by atoms with Crippen molar-refractivity contribution in [2.75, 3.05) is 0 Å². The zero-order chi connectivity index (χ0) is 14.6. The van der Waals surface area contributed by atoms with Gasteiger partial charge in [-0.2, -0.15) is 0 Å².